The summed E-state index contributed by atoms with van der Waals surface area (Å²) >= 11 is 0. The van der Waals surface area contributed by atoms with Crippen LogP contribution in [0.1, 0.15) is 25.0 Å². The first-order chi connectivity index (χ1) is 16.4. The molecule has 0 aliphatic carbocycles. The maximum Gasteiger partial charge on any atom is 0.414 e. The molecular weight excluding hydrogens is 430 g/mol. The first kappa shape index (κ1) is 23.0. The van der Waals surface area contributed by atoms with Gasteiger partial charge in [-0.05, 0) is 37.6 Å². The third-order valence-corrected chi connectivity index (χ3v) is 5.30. The van der Waals surface area contributed by atoms with E-state index in [1.54, 1.807) is 26.4 Å². The molecular formula is C27H27N3O4. The first-order valence-electron chi connectivity index (χ1n) is 11.1. The number of rotatable bonds is 7. The minimum absolute atomic E-state index is 0.123. The predicted octanol–water partition coefficient (Wildman–Crippen LogP) is 5.43. The van der Waals surface area contributed by atoms with Gasteiger partial charge in [-0.2, -0.15) is 5.26 Å². The minimum atomic E-state index is -0.494. The van der Waals surface area contributed by atoms with E-state index in [1.807, 2.05) is 66.8 Å². The molecule has 4 rings (SSSR count). The molecule has 2 aromatic heterocycles. The molecule has 0 bridgehead atoms. The summed E-state index contributed by atoms with van der Waals surface area (Å²) in [5.74, 6) is 1.65. The molecule has 0 fully saturated rings. The summed E-state index contributed by atoms with van der Waals surface area (Å²) in [5.41, 5.74) is 3.10. The van der Waals surface area contributed by atoms with Gasteiger partial charge >= 0.3 is 6.09 Å². The highest BCUT2D eigenvalue weighted by Gasteiger charge is 2.19. The fraction of sp³-hybridized carbons (Fsp3) is 0.259. The lowest BCUT2D eigenvalue weighted by atomic mass is 10.1. The lowest BCUT2D eigenvalue weighted by Gasteiger charge is -2.14. The van der Waals surface area contributed by atoms with Gasteiger partial charge in [0.1, 0.15) is 23.1 Å². The number of ether oxygens (including phenoxy) is 3. The number of aromatic nitrogens is 1. The van der Waals surface area contributed by atoms with Crippen molar-refractivity contribution in [1.82, 2.24) is 9.30 Å². The van der Waals surface area contributed by atoms with Gasteiger partial charge < -0.3 is 23.5 Å². The third-order valence-electron chi connectivity index (χ3n) is 5.30. The second-order valence-electron chi connectivity index (χ2n) is 8.43. The molecule has 7 heteroatoms. The Morgan fingerprint density at radius 1 is 1.09 bits per heavy atom. The summed E-state index contributed by atoms with van der Waals surface area (Å²) in [5, 5.41) is 10.7. The Labute approximate surface area is 198 Å². The van der Waals surface area contributed by atoms with E-state index in [2.05, 4.69) is 6.07 Å². The molecule has 34 heavy (non-hydrogen) atoms. The number of hydrogen-bond acceptors (Lipinski definition) is 5. The number of fused-ring (bicyclic) bond motifs is 3. The highest BCUT2D eigenvalue weighted by Crippen LogP contribution is 2.35. The van der Waals surface area contributed by atoms with Crippen molar-refractivity contribution in [3.8, 4) is 23.3 Å². The van der Waals surface area contributed by atoms with Gasteiger partial charge in [0.25, 0.3) is 0 Å². The molecule has 0 saturated heterocycles. The molecule has 4 aromatic rings. The largest absolute Gasteiger partial charge is 0.491 e. The normalized spacial score (nSPS) is 10.9. The van der Waals surface area contributed by atoms with E-state index < -0.39 is 6.09 Å². The average molecular weight is 458 g/mol. The number of pyridine rings is 1. The van der Waals surface area contributed by atoms with Crippen LogP contribution in [0.2, 0.25) is 0 Å². The monoisotopic (exact) mass is 457 g/mol. The molecule has 2 heterocycles. The highest BCUT2D eigenvalue weighted by atomic mass is 16.6. The molecule has 0 radical (unpaired) electrons. The number of carbonyl (C=O) groups is 1. The average Bonchev–Trinajstić information content (AvgIpc) is 3.13. The van der Waals surface area contributed by atoms with Gasteiger partial charge in [-0.15, -0.1) is 0 Å². The zero-order valence-electron chi connectivity index (χ0n) is 19.7. The molecule has 0 saturated carbocycles. The smallest absolute Gasteiger partial charge is 0.414 e. The van der Waals surface area contributed by atoms with E-state index in [0.29, 0.717) is 35.6 Å². The lowest BCUT2D eigenvalue weighted by molar-refractivity contribution is 0.171. The van der Waals surface area contributed by atoms with Crippen LogP contribution in [0.4, 0.5) is 4.79 Å². The quantitative estimate of drug-likeness (QED) is 0.370. The lowest BCUT2D eigenvalue weighted by Crippen LogP contribution is -2.25. The van der Waals surface area contributed by atoms with Gasteiger partial charge in [0.2, 0.25) is 0 Å². The van der Waals surface area contributed by atoms with Crippen LogP contribution in [-0.4, -0.2) is 42.2 Å². The Kier molecular flexibility index (Phi) is 6.60. The summed E-state index contributed by atoms with van der Waals surface area (Å²) in [6, 6.07) is 19.5. The number of benzene rings is 2. The van der Waals surface area contributed by atoms with Gasteiger partial charge in [-0.1, -0.05) is 30.3 Å². The Hall–Kier alpha value is -4.18. The molecule has 0 atom stereocenters. The fourth-order valence-electron chi connectivity index (χ4n) is 3.76. The van der Waals surface area contributed by atoms with Crippen LogP contribution < -0.4 is 14.2 Å². The third kappa shape index (κ3) is 4.76. The Bertz CT molecular complexity index is 1360. The molecule has 0 N–H and O–H groups in total. The molecule has 0 aliphatic rings. The van der Waals surface area contributed by atoms with Crippen molar-refractivity contribution >= 4 is 22.5 Å². The van der Waals surface area contributed by atoms with Crippen LogP contribution in [0.25, 0.3) is 16.4 Å². The molecule has 174 valence electrons. The molecule has 0 spiro atoms. The SMILES string of the molecule is CC(C)Oc1ccc(CCOc2cc(OC(=O)N(C)C)cn3c2c(C#N)c2ccccc23)cc1. The minimum Gasteiger partial charge on any atom is -0.491 e. The highest BCUT2D eigenvalue weighted by molar-refractivity contribution is 5.97. The van der Waals surface area contributed by atoms with E-state index in [1.165, 1.54) is 4.90 Å². The van der Waals surface area contributed by atoms with Crippen molar-refractivity contribution in [3.63, 3.8) is 0 Å². The second kappa shape index (κ2) is 9.75. The number of para-hydroxylation sites is 1. The van der Waals surface area contributed by atoms with E-state index in [0.717, 1.165) is 22.2 Å². The van der Waals surface area contributed by atoms with E-state index >= 15 is 0 Å². The van der Waals surface area contributed by atoms with Gasteiger partial charge in [0.05, 0.1) is 30.0 Å². The van der Waals surface area contributed by atoms with Crippen LogP contribution in [0, 0.1) is 11.3 Å². The van der Waals surface area contributed by atoms with Gasteiger partial charge in [0, 0.05) is 32.0 Å². The Morgan fingerprint density at radius 2 is 1.82 bits per heavy atom. The molecule has 7 nitrogen and oxygen atoms in total. The number of hydrogen-bond donors (Lipinski definition) is 0. The maximum absolute atomic E-state index is 12.2. The Balaban J connectivity index is 1.66. The summed E-state index contributed by atoms with van der Waals surface area (Å²) in [4.78, 5) is 13.5. The number of nitriles is 1. The standard InChI is InChI=1S/C27H27N3O4/c1-18(2)33-20-11-9-19(10-12-20)13-14-32-25-15-21(34-27(31)29(3)4)17-30-24-8-6-5-7-22(24)23(16-28)26(25)30/h5-12,15,17-18H,13-14H2,1-4H3. The number of amides is 1. The molecule has 2 aromatic carbocycles. The van der Waals surface area contributed by atoms with E-state index in [9.17, 15) is 10.1 Å². The molecule has 1 amide bonds. The summed E-state index contributed by atoms with van der Waals surface area (Å²) in [7, 11) is 3.24. The fourth-order valence-corrected chi connectivity index (χ4v) is 3.76. The zero-order valence-corrected chi connectivity index (χ0v) is 19.7. The maximum atomic E-state index is 12.2. The van der Waals surface area contributed by atoms with Gasteiger partial charge in [-0.25, -0.2) is 4.79 Å². The summed E-state index contributed by atoms with van der Waals surface area (Å²) < 4.78 is 19.2. The first-order valence-corrected chi connectivity index (χ1v) is 11.1. The van der Waals surface area contributed by atoms with Crippen molar-refractivity contribution in [2.24, 2.45) is 0 Å². The van der Waals surface area contributed by atoms with E-state index in [-0.39, 0.29) is 6.10 Å². The summed E-state index contributed by atoms with van der Waals surface area (Å²) in [6.45, 7) is 4.37. The second-order valence-corrected chi connectivity index (χ2v) is 8.43. The van der Waals surface area contributed by atoms with Crippen molar-refractivity contribution in [3.05, 3.63) is 71.9 Å². The van der Waals surface area contributed by atoms with Crippen molar-refractivity contribution in [2.45, 2.75) is 26.4 Å². The van der Waals surface area contributed by atoms with E-state index in [4.69, 9.17) is 14.2 Å². The van der Waals surface area contributed by atoms with Crippen LogP contribution in [0.5, 0.6) is 17.2 Å². The van der Waals surface area contributed by atoms with Crippen LogP contribution in [0.15, 0.2) is 60.8 Å². The van der Waals surface area contributed by atoms with Crippen LogP contribution >= 0.6 is 0 Å². The van der Waals surface area contributed by atoms with Crippen LogP contribution in [-0.2, 0) is 6.42 Å². The number of carbonyl (C=O) groups excluding carboxylic acids is 1. The molecule has 0 aliphatic heterocycles. The molecule has 0 unspecified atom stereocenters. The Morgan fingerprint density at radius 3 is 2.50 bits per heavy atom. The van der Waals surface area contributed by atoms with Crippen molar-refractivity contribution in [1.29, 1.82) is 5.26 Å². The predicted molar refractivity (Wildman–Crippen MR) is 131 cm³/mol. The number of nitrogens with zero attached hydrogens (tertiary/aromatic N) is 3. The topological polar surface area (TPSA) is 76.2 Å². The van der Waals surface area contributed by atoms with Gasteiger partial charge in [-0.3, -0.25) is 0 Å². The zero-order chi connectivity index (χ0) is 24.2. The van der Waals surface area contributed by atoms with Crippen LogP contribution in [0.3, 0.4) is 0 Å². The van der Waals surface area contributed by atoms with Crippen molar-refractivity contribution < 1.29 is 19.0 Å². The van der Waals surface area contributed by atoms with Crippen molar-refractivity contribution in [2.75, 3.05) is 20.7 Å². The summed E-state index contributed by atoms with van der Waals surface area (Å²) in [6.07, 6.45) is 2.00. The van der Waals surface area contributed by atoms with Gasteiger partial charge in [0.15, 0.2) is 5.75 Å².